The van der Waals surface area contributed by atoms with Crippen LogP contribution < -0.4 is 5.32 Å². The van der Waals surface area contributed by atoms with E-state index < -0.39 is 63.1 Å². The highest BCUT2D eigenvalue weighted by Crippen LogP contribution is 2.66. The Labute approximate surface area is 229 Å². The van der Waals surface area contributed by atoms with Gasteiger partial charge in [-0.05, 0) is 49.9 Å². The minimum absolute atomic E-state index is 0.126. The maximum absolute atomic E-state index is 14.9. The topological polar surface area (TPSA) is 126 Å². The quantitative estimate of drug-likeness (QED) is 0.179. The van der Waals surface area contributed by atoms with Crippen molar-refractivity contribution >= 4 is 25.6 Å². The minimum atomic E-state index is -5.35. The second-order valence-electron chi connectivity index (χ2n) is 8.24. The Hall–Kier alpha value is -3.41. The van der Waals surface area contributed by atoms with Crippen molar-refractivity contribution in [3.05, 3.63) is 70.8 Å². The summed E-state index contributed by atoms with van der Waals surface area (Å²) in [6, 6.07) is 11.9. The molecule has 220 valence electrons. The van der Waals surface area contributed by atoms with Gasteiger partial charge < -0.3 is 23.3 Å². The van der Waals surface area contributed by atoms with E-state index in [9.17, 15) is 32.1 Å². The summed E-state index contributed by atoms with van der Waals surface area (Å²) in [6.07, 6.45) is -8.38. The van der Waals surface area contributed by atoms with Gasteiger partial charge in [0.05, 0.1) is 38.6 Å². The van der Waals surface area contributed by atoms with Crippen LogP contribution in [0.2, 0.25) is 0 Å². The van der Waals surface area contributed by atoms with Crippen LogP contribution in [0.4, 0.5) is 18.0 Å². The highest BCUT2D eigenvalue weighted by Gasteiger charge is 2.69. The van der Waals surface area contributed by atoms with Crippen molar-refractivity contribution in [1.29, 1.82) is 0 Å². The molecule has 0 bridgehead atoms. The molecular formula is C26H31F3NO9P. The van der Waals surface area contributed by atoms with Crippen LogP contribution in [0.3, 0.4) is 0 Å². The van der Waals surface area contributed by atoms with Crippen LogP contribution in [0.25, 0.3) is 0 Å². The first kappa shape index (κ1) is 32.8. The van der Waals surface area contributed by atoms with Crippen LogP contribution in [0.5, 0.6) is 0 Å². The molecule has 0 aliphatic carbocycles. The van der Waals surface area contributed by atoms with Gasteiger partial charge in [-0.3, -0.25) is 9.88 Å². The van der Waals surface area contributed by atoms with E-state index in [1.807, 2.05) is 0 Å². The van der Waals surface area contributed by atoms with Gasteiger partial charge in [0.15, 0.2) is 0 Å². The lowest BCUT2D eigenvalue weighted by atomic mass is 9.99. The number of methoxy groups -OCH3 is 2. The highest BCUT2D eigenvalue weighted by atomic mass is 31.2. The summed E-state index contributed by atoms with van der Waals surface area (Å²) in [5, 5.41) is -1.79. The summed E-state index contributed by atoms with van der Waals surface area (Å²) in [7, 11) is -2.98. The third kappa shape index (κ3) is 7.61. The molecule has 0 aromatic heterocycles. The zero-order valence-corrected chi connectivity index (χ0v) is 23.3. The molecule has 2 rings (SSSR count). The van der Waals surface area contributed by atoms with Gasteiger partial charge in [-0.25, -0.2) is 14.4 Å². The molecule has 14 heteroatoms. The number of alkyl carbamates (subject to hydrolysis) is 1. The van der Waals surface area contributed by atoms with Crippen LogP contribution in [-0.2, 0) is 40.9 Å². The number of rotatable bonds is 13. The molecule has 2 aromatic carbocycles. The van der Waals surface area contributed by atoms with Crippen LogP contribution >= 0.6 is 7.60 Å². The number of esters is 2. The van der Waals surface area contributed by atoms with Crippen molar-refractivity contribution in [2.45, 2.75) is 44.8 Å². The molecule has 1 amide bonds. The SMILES string of the molecule is CCOP(=O)(OCC)C(CCc1ccc(C(=O)OC)c(C(=O)OC)c1)(NC(=O)OCc1ccccc1)C(F)(F)F. The molecule has 1 unspecified atom stereocenters. The third-order valence-electron chi connectivity index (χ3n) is 5.73. The number of nitrogens with one attached hydrogen (secondary N) is 1. The Bertz CT molecular complexity index is 1210. The second-order valence-corrected chi connectivity index (χ2v) is 10.5. The first-order chi connectivity index (χ1) is 18.9. The standard InChI is InChI=1S/C26H31F3NO9P/c1-5-38-40(34,39-6-2)25(26(27,28)29,30-24(33)37-17-19-10-8-7-9-11-19)15-14-18-12-13-20(22(31)35-3)21(16-18)23(32)36-4/h7-13,16H,5-6,14-15,17H2,1-4H3,(H,30,33). The van der Waals surface area contributed by atoms with Gasteiger partial charge in [0.1, 0.15) is 6.61 Å². The van der Waals surface area contributed by atoms with Gasteiger partial charge in [-0.2, -0.15) is 13.2 Å². The summed E-state index contributed by atoms with van der Waals surface area (Å²) in [4.78, 5) is 37.0. The monoisotopic (exact) mass is 589 g/mol. The number of amides is 1. The summed E-state index contributed by atoms with van der Waals surface area (Å²) in [6.45, 7) is 1.46. The molecular weight excluding hydrogens is 558 g/mol. The molecule has 1 N–H and O–H groups in total. The number of halogens is 3. The van der Waals surface area contributed by atoms with Crippen molar-refractivity contribution < 1.29 is 55.4 Å². The number of carbonyl (C=O) groups excluding carboxylic acids is 3. The Kier molecular flexibility index (Phi) is 11.7. The summed E-state index contributed by atoms with van der Waals surface area (Å²) in [5.41, 5.74) is 0.212. The number of hydrogen-bond acceptors (Lipinski definition) is 9. The zero-order valence-electron chi connectivity index (χ0n) is 22.4. The molecule has 2 aromatic rings. The molecule has 40 heavy (non-hydrogen) atoms. The van der Waals surface area contributed by atoms with Crippen LogP contribution in [0, 0.1) is 0 Å². The molecule has 0 radical (unpaired) electrons. The van der Waals surface area contributed by atoms with Crippen LogP contribution in [0.15, 0.2) is 48.5 Å². The number of ether oxygens (including phenoxy) is 3. The molecule has 0 heterocycles. The Balaban J connectivity index is 2.53. The average molecular weight is 590 g/mol. The fourth-order valence-electron chi connectivity index (χ4n) is 3.80. The number of benzene rings is 2. The fourth-order valence-corrected chi connectivity index (χ4v) is 5.92. The average Bonchev–Trinajstić information content (AvgIpc) is 2.93. The number of alkyl halides is 3. The van der Waals surface area contributed by atoms with E-state index in [-0.39, 0.29) is 23.3 Å². The van der Waals surface area contributed by atoms with Gasteiger partial charge in [0, 0.05) is 0 Å². The molecule has 0 saturated heterocycles. The smallest absolute Gasteiger partial charge is 0.423 e. The van der Waals surface area contributed by atoms with E-state index in [2.05, 4.69) is 9.47 Å². The number of carbonyl (C=O) groups is 3. The maximum atomic E-state index is 14.9. The molecule has 0 fully saturated rings. The van der Waals surface area contributed by atoms with E-state index in [1.165, 1.54) is 26.0 Å². The van der Waals surface area contributed by atoms with E-state index in [4.69, 9.17) is 13.8 Å². The van der Waals surface area contributed by atoms with Gasteiger partial charge in [-0.15, -0.1) is 0 Å². The van der Waals surface area contributed by atoms with Gasteiger partial charge in [0.2, 0.25) is 5.28 Å². The predicted octanol–water partition coefficient (Wildman–Crippen LogP) is 5.64. The van der Waals surface area contributed by atoms with Crippen molar-refractivity contribution in [3.63, 3.8) is 0 Å². The van der Waals surface area contributed by atoms with Gasteiger partial charge >= 0.3 is 31.8 Å². The number of hydrogen-bond donors (Lipinski definition) is 1. The molecule has 10 nitrogen and oxygen atoms in total. The number of aryl methyl sites for hydroxylation is 1. The Morgan fingerprint density at radius 1 is 0.850 bits per heavy atom. The lowest BCUT2D eigenvalue weighted by Crippen LogP contribution is -2.59. The van der Waals surface area contributed by atoms with Gasteiger partial charge in [0.25, 0.3) is 0 Å². The first-order valence-electron chi connectivity index (χ1n) is 12.1. The molecule has 1 atom stereocenters. The van der Waals surface area contributed by atoms with Crippen molar-refractivity contribution in [2.75, 3.05) is 27.4 Å². The largest absolute Gasteiger partial charge is 0.465 e. The van der Waals surface area contributed by atoms with Crippen LogP contribution in [0.1, 0.15) is 52.1 Å². The van der Waals surface area contributed by atoms with Gasteiger partial charge in [-0.1, -0.05) is 36.4 Å². The second kappa shape index (κ2) is 14.3. The molecule has 0 aliphatic heterocycles. The molecule has 0 spiro atoms. The normalized spacial score (nSPS) is 13.2. The van der Waals surface area contributed by atoms with Crippen molar-refractivity contribution in [2.24, 2.45) is 0 Å². The van der Waals surface area contributed by atoms with Crippen molar-refractivity contribution in [1.82, 2.24) is 5.32 Å². The first-order valence-corrected chi connectivity index (χ1v) is 13.7. The summed E-state index contributed by atoms with van der Waals surface area (Å²) in [5.74, 6) is -1.79. The summed E-state index contributed by atoms with van der Waals surface area (Å²) < 4.78 is 82.9. The van der Waals surface area contributed by atoms with Crippen molar-refractivity contribution in [3.8, 4) is 0 Å². The van der Waals surface area contributed by atoms with Crippen LogP contribution in [-0.4, -0.2) is 56.9 Å². The zero-order chi connectivity index (χ0) is 30.0. The van der Waals surface area contributed by atoms with E-state index in [0.717, 1.165) is 20.3 Å². The minimum Gasteiger partial charge on any atom is -0.465 e. The lowest BCUT2D eigenvalue weighted by Gasteiger charge is -2.40. The highest BCUT2D eigenvalue weighted by molar-refractivity contribution is 7.55. The fraction of sp³-hybridized carbons (Fsp3) is 0.423. The van der Waals surface area contributed by atoms with E-state index in [1.54, 1.807) is 35.6 Å². The molecule has 0 aliphatic rings. The lowest BCUT2D eigenvalue weighted by molar-refractivity contribution is -0.176. The Morgan fingerprint density at radius 3 is 1.95 bits per heavy atom. The van der Waals surface area contributed by atoms with E-state index in [0.29, 0.717) is 5.56 Å². The summed E-state index contributed by atoms with van der Waals surface area (Å²) >= 11 is 0. The molecule has 0 saturated carbocycles. The Morgan fingerprint density at radius 2 is 1.43 bits per heavy atom. The predicted molar refractivity (Wildman–Crippen MR) is 137 cm³/mol. The van der Waals surface area contributed by atoms with E-state index >= 15 is 0 Å². The maximum Gasteiger partial charge on any atom is 0.423 e. The third-order valence-corrected chi connectivity index (χ3v) is 8.45.